The first kappa shape index (κ1) is 13.4. The van der Waals surface area contributed by atoms with E-state index in [-0.39, 0.29) is 5.56 Å². The number of fused-ring (bicyclic) bond motifs is 1. The molecule has 3 aromatic rings. The van der Waals surface area contributed by atoms with Crippen molar-refractivity contribution >= 4 is 16.3 Å². The van der Waals surface area contributed by atoms with Crippen LogP contribution in [0.25, 0.3) is 22.0 Å². The number of hydrogen-bond donors (Lipinski definition) is 0. The zero-order chi connectivity index (χ0) is 15.0. The Hall–Kier alpha value is -2.61. The van der Waals surface area contributed by atoms with Gasteiger partial charge in [0.25, 0.3) is 5.56 Å². The Morgan fingerprint density at radius 2 is 1.62 bits per heavy atom. The highest BCUT2D eigenvalue weighted by molar-refractivity contribution is 5.92. The third-order valence-corrected chi connectivity index (χ3v) is 3.76. The van der Waals surface area contributed by atoms with Gasteiger partial charge in [-0.2, -0.15) is 0 Å². The van der Waals surface area contributed by atoms with Gasteiger partial charge in [-0.25, -0.2) is 0 Å². The molecule has 0 aliphatic rings. The largest absolute Gasteiger partial charge is 0.283 e. The highest BCUT2D eigenvalue weighted by Crippen LogP contribution is 2.23. The van der Waals surface area contributed by atoms with E-state index in [4.69, 9.17) is 0 Å². The molecule has 0 N–H and O–H groups in total. The Morgan fingerprint density at radius 3 is 2.29 bits per heavy atom. The number of nitrogens with zero attached hydrogens (tertiary/aromatic N) is 1. The maximum absolute atomic E-state index is 12.8. The molecular formula is C19H17NO. The van der Waals surface area contributed by atoms with Gasteiger partial charge in [-0.15, -0.1) is 0 Å². The van der Waals surface area contributed by atoms with Crippen LogP contribution in [-0.4, -0.2) is 4.57 Å². The van der Waals surface area contributed by atoms with Gasteiger partial charge in [0.2, 0.25) is 0 Å². The quantitative estimate of drug-likeness (QED) is 0.682. The summed E-state index contributed by atoms with van der Waals surface area (Å²) in [7, 11) is 0. The van der Waals surface area contributed by atoms with E-state index in [2.05, 4.69) is 6.58 Å². The molecule has 0 unspecified atom stereocenters. The van der Waals surface area contributed by atoms with Gasteiger partial charge < -0.3 is 0 Å². The second kappa shape index (κ2) is 5.06. The molecule has 3 rings (SSSR count). The highest BCUT2D eigenvalue weighted by Gasteiger charge is 2.11. The molecule has 0 fully saturated rings. The average molecular weight is 275 g/mol. The van der Waals surface area contributed by atoms with Gasteiger partial charge in [0.05, 0.1) is 5.69 Å². The van der Waals surface area contributed by atoms with Crippen molar-refractivity contribution in [1.82, 2.24) is 4.57 Å². The van der Waals surface area contributed by atoms with Crippen LogP contribution < -0.4 is 5.56 Å². The van der Waals surface area contributed by atoms with Gasteiger partial charge in [0, 0.05) is 17.1 Å². The predicted octanol–water partition coefficient (Wildman–Crippen LogP) is 4.33. The molecular weight excluding hydrogens is 258 g/mol. The van der Waals surface area contributed by atoms with Gasteiger partial charge in [-0.1, -0.05) is 43.0 Å². The van der Waals surface area contributed by atoms with Crippen LogP contribution in [0, 0.1) is 6.92 Å². The second-order valence-corrected chi connectivity index (χ2v) is 5.33. The van der Waals surface area contributed by atoms with Crippen molar-refractivity contribution in [3.05, 3.63) is 82.8 Å². The summed E-state index contributed by atoms with van der Waals surface area (Å²) >= 11 is 0. The Bertz CT molecular complexity index is 903. The monoisotopic (exact) mass is 275 g/mol. The predicted molar refractivity (Wildman–Crippen MR) is 89.0 cm³/mol. The van der Waals surface area contributed by atoms with Crippen LogP contribution in [0.5, 0.6) is 0 Å². The van der Waals surface area contributed by atoms with E-state index in [9.17, 15) is 4.79 Å². The summed E-state index contributed by atoms with van der Waals surface area (Å²) in [5.74, 6) is 0. The third-order valence-electron chi connectivity index (χ3n) is 3.76. The van der Waals surface area contributed by atoms with Crippen LogP contribution in [0.1, 0.15) is 18.1 Å². The number of pyridine rings is 1. The normalized spacial score (nSPS) is 10.8. The second-order valence-electron chi connectivity index (χ2n) is 5.33. The molecule has 2 heteroatoms. The molecule has 104 valence electrons. The Labute approximate surface area is 124 Å². The summed E-state index contributed by atoms with van der Waals surface area (Å²) in [6.45, 7) is 8.03. The first-order valence-electron chi connectivity index (χ1n) is 6.96. The maximum atomic E-state index is 12.8. The Balaban J connectivity index is 2.45. The molecule has 1 aromatic heterocycles. The fourth-order valence-corrected chi connectivity index (χ4v) is 2.64. The van der Waals surface area contributed by atoms with Crippen LogP contribution in [0.4, 0.5) is 0 Å². The number of benzene rings is 2. The van der Waals surface area contributed by atoms with Crippen LogP contribution in [0.2, 0.25) is 0 Å². The SMILES string of the molecule is C=C(C)c1cn(-c2ccccc2C)c(=O)c2ccccc12. The number of para-hydroxylation sites is 1. The minimum Gasteiger partial charge on any atom is -0.283 e. The van der Waals surface area contributed by atoms with Crippen LogP contribution >= 0.6 is 0 Å². The average Bonchev–Trinajstić information content (AvgIpc) is 2.48. The lowest BCUT2D eigenvalue weighted by Crippen LogP contribution is -2.19. The van der Waals surface area contributed by atoms with E-state index in [1.165, 1.54) is 0 Å². The molecule has 0 atom stereocenters. The number of allylic oxidation sites excluding steroid dienone is 1. The van der Waals surface area contributed by atoms with Crippen LogP contribution in [0.3, 0.4) is 0 Å². The standard InChI is InChI=1S/C19H17NO/c1-13(2)17-12-20(18-11-7-4-8-14(18)3)19(21)16-10-6-5-9-15(16)17/h4-12H,1H2,2-3H3. The fraction of sp³-hybridized carbons (Fsp3) is 0.105. The summed E-state index contributed by atoms with van der Waals surface area (Å²) in [6.07, 6.45) is 1.90. The van der Waals surface area contributed by atoms with E-state index in [1.54, 1.807) is 4.57 Å². The number of aryl methyl sites for hydroxylation is 1. The lowest BCUT2D eigenvalue weighted by atomic mass is 10.0. The molecule has 0 spiro atoms. The van der Waals surface area contributed by atoms with Gasteiger partial charge in [0.1, 0.15) is 0 Å². The van der Waals surface area contributed by atoms with Gasteiger partial charge in [-0.3, -0.25) is 9.36 Å². The third kappa shape index (κ3) is 2.19. The first-order chi connectivity index (χ1) is 10.1. The lowest BCUT2D eigenvalue weighted by molar-refractivity contribution is 0.990. The van der Waals surface area contributed by atoms with Crippen molar-refractivity contribution in [3.8, 4) is 5.69 Å². The van der Waals surface area contributed by atoms with Gasteiger partial charge in [-0.05, 0) is 42.5 Å². The van der Waals surface area contributed by atoms with Crippen molar-refractivity contribution in [2.24, 2.45) is 0 Å². The topological polar surface area (TPSA) is 22.0 Å². The Morgan fingerprint density at radius 1 is 1.00 bits per heavy atom. The van der Waals surface area contributed by atoms with E-state index >= 15 is 0 Å². The summed E-state index contributed by atoms with van der Waals surface area (Å²) in [4.78, 5) is 12.8. The highest BCUT2D eigenvalue weighted by atomic mass is 16.1. The van der Waals surface area contributed by atoms with Gasteiger partial charge in [0.15, 0.2) is 0 Å². The smallest absolute Gasteiger partial charge is 0.262 e. The van der Waals surface area contributed by atoms with Crippen molar-refractivity contribution in [3.63, 3.8) is 0 Å². The lowest BCUT2D eigenvalue weighted by Gasteiger charge is -2.14. The zero-order valence-corrected chi connectivity index (χ0v) is 12.3. The minimum absolute atomic E-state index is 0.00454. The van der Waals surface area contributed by atoms with Crippen LogP contribution in [-0.2, 0) is 0 Å². The molecule has 0 radical (unpaired) electrons. The molecule has 0 amide bonds. The number of hydrogen-bond acceptors (Lipinski definition) is 1. The summed E-state index contributed by atoms with van der Waals surface area (Å²) in [6, 6.07) is 15.6. The molecule has 0 aliphatic carbocycles. The van der Waals surface area contributed by atoms with Gasteiger partial charge >= 0.3 is 0 Å². The van der Waals surface area contributed by atoms with E-state index in [0.717, 1.165) is 33.2 Å². The molecule has 2 aromatic carbocycles. The molecule has 0 saturated heterocycles. The minimum atomic E-state index is 0.00454. The van der Waals surface area contributed by atoms with Crippen LogP contribution in [0.15, 0.2) is 66.1 Å². The van der Waals surface area contributed by atoms with Crippen molar-refractivity contribution in [1.29, 1.82) is 0 Å². The Kier molecular flexibility index (Phi) is 3.22. The maximum Gasteiger partial charge on any atom is 0.262 e. The molecule has 0 aliphatic heterocycles. The van der Waals surface area contributed by atoms with E-state index in [1.807, 2.05) is 68.6 Å². The summed E-state index contributed by atoms with van der Waals surface area (Å²) in [5, 5.41) is 1.68. The van der Waals surface area contributed by atoms with Crippen molar-refractivity contribution in [2.75, 3.05) is 0 Å². The molecule has 2 nitrogen and oxygen atoms in total. The molecule has 0 bridgehead atoms. The molecule has 0 saturated carbocycles. The zero-order valence-electron chi connectivity index (χ0n) is 12.3. The molecule has 1 heterocycles. The van der Waals surface area contributed by atoms with Crippen molar-refractivity contribution < 1.29 is 0 Å². The number of rotatable bonds is 2. The van der Waals surface area contributed by atoms with Crippen molar-refractivity contribution in [2.45, 2.75) is 13.8 Å². The van der Waals surface area contributed by atoms with E-state index in [0.29, 0.717) is 0 Å². The number of aromatic nitrogens is 1. The summed E-state index contributed by atoms with van der Waals surface area (Å²) in [5.41, 5.74) is 3.95. The van der Waals surface area contributed by atoms with E-state index < -0.39 is 0 Å². The first-order valence-corrected chi connectivity index (χ1v) is 6.96. The summed E-state index contributed by atoms with van der Waals surface area (Å²) < 4.78 is 1.72. The fourth-order valence-electron chi connectivity index (χ4n) is 2.64. The molecule has 21 heavy (non-hydrogen) atoms.